The van der Waals surface area contributed by atoms with Crippen molar-refractivity contribution >= 4 is 23.8 Å². The molecule has 0 atom stereocenters. The Hall–Kier alpha value is -2.50. The molecule has 6 nitrogen and oxygen atoms in total. The van der Waals surface area contributed by atoms with Gasteiger partial charge in [-0.15, -0.1) is 0 Å². The van der Waals surface area contributed by atoms with Crippen molar-refractivity contribution in [3.05, 3.63) is 34.9 Å². The second-order valence-corrected chi connectivity index (χ2v) is 4.76. The first-order valence-corrected chi connectivity index (χ1v) is 6.77. The number of fused-ring (bicyclic) bond motifs is 1. The number of esters is 2. The molecule has 1 aliphatic rings. The molecule has 1 aromatic carbocycles. The molecule has 2 amide bonds. The van der Waals surface area contributed by atoms with Crippen molar-refractivity contribution in [2.75, 3.05) is 0 Å². The average molecular weight is 289 g/mol. The smallest absolute Gasteiger partial charge is 0.345 e. The summed E-state index contributed by atoms with van der Waals surface area (Å²) in [7, 11) is 0. The van der Waals surface area contributed by atoms with Gasteiger partial charge < -0.3 is 4.74 Å². The predicted octanol–water partition coefficient (Wildman–Crippen LogP) is 1.83. The van der Waals surface area contributed by atoms with Crippen LogP contribution in [0.25, 0.3) is 0 Å². The van der Waals surface area contributed by atoms with Gasteiger partial charge in [0, 0.05) is 6.42 Å². The number of unbranched alkanes of at least 4 members (excludes halogenated alkanes) is 2. The molecule has 0 saturated carbocycles. The van der Waals surface area contributed by atoms with Crippen LogP contribution in [0.5, 0.6) is 0 Å². The van der Waals surface area contributed by atoms with Crippen molar-refractivity contribution in [2.45, 2.75) is 32.6 Å². The van der Waals surface area contributed by atoms with Crippen molar-refractivity contribution in [1.29, 1.82) is 0 Å². The van der Waals surface area contributed by atoms with E-state index in [0.29, 0.717) is 6.42 Å². The van der Waals surface area contributed by atoms with Crippen molar-refractivity contribution in [2.24, 2.45) is 0 Å². The molecule has 1 heterocycles. The highest BCUT2D eigenvalue weighted by Crippen LogP contribution is 2.18. The van der Waals surface area contributed by atoms with Crippen LogP contribution in [0.3, 0.4) is 0 Å². The minimum Gasteiger partial charge on any atom is -0.389 e. The second kappa shape index (κ2) is 6.30. The number of carbonyl (C=O) groups is 4. The van der Waals surface area contributed by atoms with Crippen molar-refractivity contribution < 1.29 is 23.9 Å². The summed E-state index contributed by atoms with van der Waals surface area (Å²) in [5.74, 6) is -2.45. The minimum absolute atomic E-state index is 0.0717. The number of rotatable bonds is 5. The first-order valence-electron chi connectivity index (χ1n) is 6.77. The fourth-order valence-electron chi connectivity index (χ4n) is 2.03. The minimum atomic E-state index is -0.813. The van der Waals surface area contributed by atoms with E-state index in [0.717, 1.165) is 12.8 Å². The first-order chi connectivity index (χ1) is 10.0. The van der Waals surface area contributed by atoms with Crippen LogP contribution in [0.4, 0.5) is 0 Å². The van der Waals surface area contributed by atoms with E-state index in [4.69, 9.17) is 4.74 Å². The highest BCUT2D eigenvalue weighted by atomic mass is 16.6. The van der Waals surface area contributed by atoms with Crippen LogP contribution in [-0.2, 0) is 9.53 Å². The summed E-state index contributed by atoms with van der Waals surface area (Å²) in [6, 6.07) is 3.99. The second-order valence-electron chi connectivity index (χ2n) is 4.76. The number of benzene rings is 1. The van der Waals surface area contributed by atoms with Crippen LogP contribution >= 0.6 is 0 Å². The molecular weight excluding hydrogens is 274 g/mol. The lowest BCUT2D eigenvalue weighted by atomic mass is 10.1. The quantitative estimate of drug-likeness (QED) is 0.386. The topological polar surface area (TPSA) is 89.5 Å². The van der Waals surface area contributed by atoms with E-state index >= 15 is 0 Å². The van der Waals surface area contributed by atoms with E-state index < -0.39 is 23.8 Å². The van der Waals surface area contributed by atoms with Crippen LogP contribution < -0.4 is 5.32 Å². The van der Waals surface area contributed by atoms with Gasteiger partial charge in [0.15, 0.2) is 0 Å². The molecule has 110 valence electrons. The van der Waals surface area contributed by atoms with E-state index in [9.17, 15) is 19.2 Å². The largest absolute Gasteiger partial charge is 0.389 e. The summed E-state index contributed by atoms with van der Waals surface area (Å²) in [4.78, 5) is 46.2. The normalized spacial score (nSPS) is 12.8. The van der Waals surface area contributed by atoms with Gasteiger partial charge in [-0.1, -0.05) is 19.8 Å². The number of hydrogen-bond donors (Lipinski definition) is 1. The molecule has 0 aromatic heterocycles. The Kier molecular flexibility index (Phi) is 4.47. The number of nitrogens with one attached hydrogen (secondary N) is 1. The molecule has 0 aliphatic carbocycles. The molecule has 0 spiro atoms. The lowest BCUT2D eigenvalue weighted by Gasteiger charge is -2.04. The van der Waals surface area contributed by atoms with Gasteiger partial charge in [0.2, 0.25) is 0 Å². The van der Waals surface area contributed by atoms with E-state index in [1.165, 1.54) is 18.2 Å². The maximum absolute atomic E-state index is 11.8. The number of imide groups is 1. The molecule has 6 heteroatoms. The third-order valence-corrected chi connectivity index (χ3v) is 3.16. The van der Waals surface area contributed by atoms with Crippen LogP contribution in [0, 0.1) is 0 Å². The van der Waals surface area contributed by atoms with E-state index in [1.807, 2.05) is 6.92 Å². The van der Waals surface area contributed by atoms with Crippen molar-refractivity contribution in [3.8, 4) is 0 Å². The molecule has 2 rings (SSSR count). The monoisotopic (exact) mass is 289 g/mol. The lowest BCUT2D eigenvalue weighted by Crippen LogP contribution is -2.19. The summed E-state index contributed by atoms with van der Waals surface area (Å²) in [6.45, 7) is 2.01. The number of hydrogen-bond acceptors (Lipinski definition) is 5. The molecule has 0 bridgehead atoms. The summed E-state index contributed by atoms with van der Waals surface area (Å²) in [5, 5.41) is 2.13. The maximum Gasteiger partial charge on any atom is 0.345 e. The van der Waals surface area contributed by atoms with Crippen LogP contribution in [-0.4, -0.2) is 23.8 Å². The van der Waals surface area contributed by atoms with Crippen LogP contribution in [0.1, 0.15) is 63.7 Å². The van der Waals surface area contributed by atoms with Crippen LogP contribution in [0.2, 0.25) is 0 Å². The van der Waals surface area contributed by atoms with Gasteiger partial charge in [0.1, 0.15) is 0 Å². The molecule has 1 aliphatic heterocycles. The third-order valence-electron chi connectivity index (χ3n) is 3.16. The van der Waals surface area contributed by atoms with Gasteiger partial charge in [-0.3, -0.25) is 19.7 Å². The first kappa shape index (κ1) is 14.9. The Balaban J connectivity index is 2.04. The molecule has 1 aromatic rings. The molecule has 0 fully saturated rings. The third kappa shape index (κ3) is 3.34. The number of carbonyl (C=O) groups excluding carboxylic acids is 4. The average Bonchev–Trinajstić information content (AvgIpc) is 2.74. The van der Waals surface area contributed by atoms with Crippen molar-refractivity contribution in [3.63, 3.8) is 0 Å². The predicted molar refractivity (Wildman–Crippen MR) is 72.8 cm³/mol. The van der Waals surface area contributed by atoms with Gasteiger partial charge in [-0.2, -0.15) is 0 Å². The Morgan fingerprint density at radius 2 is 1.81 bits per heavy atom. The zero-order valence-electron chi connectivity index (χ0n) is 11.6. The van der Waals surface area contributed by atoms with E-state index in [1.54, 1.807) is 0 Å². The Labute approximate surface area is 121 Å². The number of ether oxygens (including phenoxy) is 1. The Morgan fingerprint density at radius 1 is 1.10 bits per heavy atom. The van der Waals surface area contributed by atoms with Gasteiger partial charge in [0.25, 0.3) is 11.8 Å². The fourth-order valence-corrected chi connectivity index (χ4v) is 2.03. The molecule has 0 radical (unpaired) electrons. The summed E-state index contributed by atoms with van der Waals surface area (Å²) in [5.41, 5.74) is 0.404. The Bertz CT molecular complexity index is 620. The fraction of sp³-hybridized carbons (Fsp3) is 0.333. The number of amides is 2. The van der Waals surface area contributed by atoms with E-state index in [-0.39, 0.29) is 23.1 Å². The highest BCUT2D eigenvalue weighted by molar-refractivity contribution is 6.22. The van der Waals surface area contributed by atoms with Crippen LogP contribution in [0.15, 0.2) is 18.2 Å². The summed E-state index contributed by atoms with van der Waals surface area (Å²) in [6.07, 6.45) is 2.72. The molecular formula is C15H15NO5. The van der Waals surface area contributed by atoms with Gasteiger partial charge in [-0.25, -0.2) is 4.79 Å². The highest BCUT2D eigenvalue weighted by Gasteiger charge is 2.28. The summed E-state index contributed by atoms with van der Waals surface area (Å²) >= 11 is 0. The van der Waals surface area contributed by atoms with E-state index in [2.05, 4.69) is 5.32 Å². The molecule has 1 N–H and O–H groups in total. The lowest BCUT2D eigenvalue weighted by molar-refractivity contribution is -0.138. The Morgan fingerprint density at radius 3 is 2.52 bits per heavy atom. The van der Waals surface area contributed by atoms with Gasteiger partial charge in [0.05, 0.1) is 16.7 Å². The molecule has 0 unspecified atom stereocenters. The standard InChI is InChI=1S/C15H15NO5/c1-2-3-4-5-12(17)21-15(20)9-6-7-10-11(8-9)14(19)16-13(10)18/h6-8H,2-5H2,1H3,(H,16,18,19). The molecule has 21 heavy (non-hydrogen) atoms. The van der Waals surface area contributed by atoms with Gasteiger partial charge >= 0.3 is 11.9 Å². The summed E-state index contributed by atoms with van der Waals surface area (Å²) < 4.78 is 4.71. The molecule has 0 saturated heterocycles. The zero-order chi connectivity index (χ0) is 15.4. The maximum atomic E-state index is 11.8. The SMILES string of the molecule is CCCCCC(=O)OC(=O)c1ccc2c(c1)C(=O)NC2=O. The zero-order valence-corrected chi connectivity index (χ0v) is 11.6. The van der Waals surface area contributed by atoms with Gasteiger partial charge in [-0.05, 0) is 24.6 Å². The van der Waals surface area contributed by atoms with Crippen molar-refractivity contribution in [1.82, 2.24) is 5.32 Å².